The lowest BCUT2D eigenvalue weighted by atomic mass is 9.79. The minimum absolute atomic E-state index is 0.0365. The molecule has 0 heterocycles. The summed E-state index contributed by atoms with van der Waals surface area (Å²) >= 11 is 0. The number of fused-ring (bicyclic) bond motifs is 2. The molecule has 1 aromatic carbocycles. The van der Waals surface area contributed by atoms with Crippen molar-refractivity contribution in [3.05, 3.63) is 34.9 Å². The van der Waals surface area contributed by atoms with Crippen LogP contribution in [0, 0.1) is 17.8 Å². The molecule has 0 radical (unpaired) electrons. The van der Waals surface area contributed by atoms with Gasteiger partial charge in [0.05, 0.1) is 0 Å². The molecular formula is C17H19N. The van der Waals surface area contributed by atoms with E-state index in [4.69, 9.17) is 5.73 Å². The third-order valence-corrected chi connectivity index (χ3v) is 4.29. The van der Waals surface area contributed by atoms with E-state index < -0.39 is 0 Å². The van der Waals surface area contributed by atoms with Gasteiger partial charge in [-0.3, -0.25) is 0 Å². The molecule has 2 aliphatic carbocycles. The molecule has 18 heavy (non-hydrogen) atoms. The van der Waals surface area contributed by atoms with Crippen LogP contribution in [0.4, 0.5) is 5.69 Å². The molecule has 1 aromatic rings. The average molecular weight is 237 g/mol. The second-order valence-corrected chi connectivity index (χ2v) is 5.95. The molecule has 0 amide bonds. The van der Waals surface area contributed by atoms with Crippen molar-refractivity contribution in [3.63, 3.8) is 0 Å². The molecule has 0 aliphatic heterocycles. The highest BCUT2D eigenvalue weighted by molar-refractivity contribution is 5.84. The van der Waals surface area contributed by atoms with Crippen LogP contribution in [0.15, 0.2) is 23.8 Å². The van der Waals surface area contributed by atoms with Crippen molar-refractivity contribution < 1.29 is 0 Å². The fourth-order valence-corrected chi connectivity index (χ4v) is 3.44. The summed E-state index contributed by atoms with van der Waals surface area (Å²) in [6.45, 7) is 6.77. The molecule has 0 aromatic heterocycles. The Bertz CT molecular complexity index is 608. The Hall–Kier alpha value is -1.68. The summed E-state index contributed by atoms with van der Waals surface area (Å²) in [6.07, 6.45) is 1.95. The highest BCUT2D eigenvalue weighted by atomic mass is 14.6. The molecule has 1 heteroatoms. The maximum absolute atomic E-state index is 6.21. The molecule has 3 rings (SSSR count). The van der Waals surface area contributed by atoms with Crippen LogP contribution in [-0.4, -0.2) is 0 Å². The van der Waals surface area contributed by atoms with E-state index >= 15 is 0 Å². The van der Waals surface area contributed by atoms with E-state index in [1.54, 1.807) is 0 Å². The minimum atomic E-state index is 0.0365. The van der Waals surface area contributed by atoms with Gasteiger partial charge in [0.2, 0.25) is 0 Å². The molecule has 1 unspecified atom stereocenters. The van der Waals surface area contributed by atoms with Crippen molar-refractivity contribution in [2.75, 3.05) is 5.73 Å². The van der Waals surface area contributed by atoms with E-state index in [2.05, 4.69) is 44.7 Å². The molecule has 0 spiro atoms. The van der Waals surface area contributed by atoms with Gasteiger partial charge in [-0.2, -0.15) is 0 Å². The van der Waals surface area contributed by atoms with Crippen LogP contribution in [0.1, 0.15) is 44.7 Å². The molecule has 1 nitrogen and oxygen atoms in total. The molecular weight excluding hydrogens is 218 g/mol. The lowest BCUT2D eigenvalue weighted by Gasteiger charge is -2.25. The van der Waals surface area contributed by atoms with E-state index in [9.17, 15) is 0 Å². The van der Waals surface area contributed by atoms with Crippen molar-refractivity contribution in [3.8, 4) is 11.8 Å². The van der Waals surface area contributed by atoms with Crippen LogP contribution in [0.25, 0.3) is 5.57 Å². The number of allylic oxidation sites excluding steroid dienone is 2. The zero-order valence-corrected chi connectivity index (χ0v) is 11.3. The smallest absolute Gasteiger partial charge is 0.0361 e. The molecule has 2 N–H and O–H groups in total. The summed E-state index contributed by atoms with van der Waals surface area (Å²) in [5.41, 5.74) is 12.8. The normalized spacial score (nSPS) is 23.8. The Balaban J connectivity index is 2.25. The predicted octanol–water partition coefficient (Wildman–Crippen LogP) is 3.75. The van der Waals surface area contributed by atoms with Gasteiger partial charge in [-0.05, 0) is 34.8 Å². The first-order valence-corrected chi connectivity index (χ1v) is 6.62. The van der Waals surface area contributed by atoms with Crippen molar-refractivity contribution in [2.24, 2.45) is 5.92 Å². The standard InChI is InChI=1S/C17H19N/c1-11-6-4-8-14-13(10-11)12-7-5-9-15(18)16(12)17(14,2)3/h5,7,9,11H,8,10,18H2,1-3H3. The van der Waals surface area contributed by atoms with Crippen LogP contribution < -0.4 is 5.73 Å². The van der Waals surface area contributed by atoms with Crippen LogP contribution >= 0.6 is 0 Å². The number of hydrogen-bond donors (Lipinski definition) is 1. The topological polar surface area (TPSA) is 26.0 Å². The Morgan fingerprint density at radius 3 is 2.89 bits per heavy atom. The fourth-order valence-electron chi connectivity index (χ4n) is 3.44. The highest BCUT2D eigenvalue weighted by Gasteiger charge is 2.39. The first-order valence-electron chi connectivity index (χ1n) is 6.62. The molecule has 1 atom stereocenters. The maximum atomic E-state index is 6.21. The fraction of sp³-hybridized carbons (Fsp3) is 0.412. The molecule has 0 saturated carbocycles. The van der Waals surface area contributed by atoms with Crippen molar-refractivity contribution in [1.29, 1.82) is 0 Å². The quantitative estimate of drug-likeness (QED) is 0.540. The van der Waals surface area contributed by atoms with Crippen LogP contribution in [0.5, 0.6) is 0 Å². The lowest BCUT2D eigenvalue weighted by Crippen LogP contribution is -2.18. The van der Waals surface area contributed by atoms with Gasteiger partial charge in [0.15, 0.2) is 0 Å². The third-order valence-electron chi connectivity index (χ3n) is 4.29. The van der Waals surface area contributed by atoms with Gasteiger partial charge in [-0.15, -0.1) is 0 Å². The number of anilines is 1. The van der Waals surface area contributed by atoms with Gasteiger partial charge >= 0.3 is 0 Å². The Morgan fingerprint density at radius 1 is 1.33 bits per heavy atom. The first kappa shape index (κ1) is 11.4. The molecule has 0 saturated heterocycles. The summed E-state index contributed by atoms with van der Waals surface area (Å²) in [7, 11) is 0. The van der Waals surface area contributed by atoms with E-state index in [0.29, 0.717) is 5.92 Å². The SMILES string of the molecule is CC1C#CCC2=C(C1)c1cccc(N)c1C2(C)C. The maximum Gasteiger partial charge on any atom is 0.0361 e. The minimum Gasteiger partial charge on any atom is -0.398 e. The number of benzene rings is 1. The van der Waals surface area contributed by atoms with Crippen molar-refractivity contribution >= 4 is 11.3 Å². The van der Waals surface area contributed by atoms with Gasteiger partial charge in [0.25, 0.3) is 0 Å². The zero-order chi connectivity index (χ0) is 12.9. The van der Waals surface area contributed by atoms with Gasteiger partial charge < -0.3 is 5.73 Å². The van der Waals surface area contributed by atoms with E-state index in [1.165, 1.54) is 22.3 Å². The van der Waals surface area contributed by atoms with Gasteiger partial charge in [-0.25, -0.2) is 0 Å². The van der Waals surface area contributed by atoms with E-state index in [1.807, 2.05) is 6.07 Å². The monoisotopic (exact) mass is 237 g/mol. The Kier molecular flexibility index (Phi) is 2.32. The van der Waals surface area contributed by atoms with Crippen LogP contribution in [0.2, 0.25) is 0 Å². The predicted molar refractivity (Wildman–Crippen MR) is 77.0 cm³/mol. The van der Waals surface area contributed by atoms with Gasteiger partial charge in [0.1, 0.15) is 0 Å². The van der Waals surface area contributed by atoms with E-state index in [0.717, 1.165) is 18.5 Å². The van der Waals surface area contributed by atoms with Crippen LogP contribution in [-0.2, 0) is 5.41 Å². The molecule has 0 fully saturated rings. The highest BCUT2D eigenvalue weighted by Crippen LogP contribution is 2.51. The molecule has 2 aliphatic rings. The molecule has 0 bridgehead atoms. The number of hydrogen-bond acceptors (Lipinski definition) is 1. The van der Waals surface area contributed by atoms with E-state index in [-0.39, 0.29) is 5.41 Å². The second kappa shape index (κ2) is 3.65. The summed E-state index contributed by atoms with van der Waals surface area (Å²) in [4.78, 5) is 0. The Morgan fingerprint density at radius 2 is 2.11 bits per heavy atom. The van der Waals surface area contributed by atoms with Crippen LogP contribution in [0.3, 0.4) is 0 Å². The summed E-state index contributed by atoms with van der Waals surface area (Å²) < 4.78 is 0. The van der Waals surface area contributed by atoms with Crippen molar-refractivity contribution in [1.82, 2.24) is 0 Å². The zero-order valence-electron chi connectivity index (χ0n) is 11.3. The largest absolute Gasteiger partial charge is 0.398 e. The number of nitrogens with two attached hydrogens (primary N) is 1. The Labute approximate surface area is 109 Å². The third kappa shape index (κ3) is 1.42. The van der Waals surface area contributed by atoms with Gasteiger partial charge in [-0.1, -0.05) is 44.7 Å². The summed E-state index contributed by atoms with van der Waals surface area (Å²) in [6, 6.07) is 6.30. The first-order chi connectivity index (χ1) is 8.51. The number of rotatable bonds is 0. The van der Waals surface area contributed by atoms with Gasteiger partial charge in [0, 0.05) is 23.4 Å². The summed E-state index contributed by atoms with van der Waals surface area (Å²) in [5, 5.41) is 0. The summed E-state index contributed by atoms with van der Waals surface area (Å²) in [5.74, 6) is 7.11. The molecule has 92 valence electrons. The lowest BCUT2D eigenvalue weighted by molar-refractivity contribution is 0.629. The number of nitrogen functional groups attached to an aromatic ring is 1. The average Bonchev–Trinajstić information content (AvgIpc) is 2.46. The van der Waals surface area contributed by atoms with Crippen molar-refractivity contribution in [2.45, 2.75) is 39.0 Å². The second-order valence-electron chi connectivity index (χ2n) is 5.95.